The molecule has 1 aliphatic rings. The zero-order valence-electron chi connectivity index (χ0n) is 7.93. The lowest BCUT2D eigenvalue weighted by Crippen LogP contribution is -2.18. The molecule has 0 spiro atoms. The molecule has 1 aliphatic carbocycles. The van der Waals surface area contributed by atoms with Gasteiger partial charge in [0.05, 0.1) is 0 Å². The number of hydrogen-bond donors (Lipinski definition) is 1. The molecule has 4 nitrogen and oxygen atoms in total. The standard InChI is InChI=1S/C11H9NO3/c13-10(14)11(3-4-11)9-6-7-8(15-9)2-1-5-12-7/h1-2,5-6H,3-4H2,(H,13,14). The molecule has 1 fully saturated rings. The fraction of sp³-hybridized carbons (Fsp3) is 0.273. The average Bonchev–Trinajstić information content (AvgIpc) is 2.93. The van der Waals surface area contributed by atoms with Gasteiger partial charge in [0.25, 0.3) is 0 Å². The van der Waals surface area contributed by atoms with Gasteiger partial charge in [-0.05, 0) is 25.0 Å². The molecule has 4 heteroatoms. The third kappa shape index (κ3) is 1.08. The van der Waals surface area contributed by atoms with E-state index in [0.717, 1.165) is 5.52 Å². The summed E-state index contributed by atoms with van der Waals surface area (Å²) in [5, 5.41) is 9.10. The predicted molar refractivity (Wildman–Crippen MR) is 52.6 cm³/mol. The van der Waals surface area contributed by atoms with E-state index < -0.39 is 11.4 Å². The van der Waals surface area contributed by atoms with E-state index in [2.05, 4.69) is 4.98 Å². The van der Waals surface area contributed by atoms with Crippen LogP contribution in [0.4, 0.5) is 0 Å². The molecule has 15 heavy (non-hydrogen) atoms. The lowest BCUT2D eigenvalue weighted by molar-refractivity contribution is -0.140. The van der Waals surface area contributed by atoms with E-state index >= 15 is 0 Å². The van der Waals surface area contributed by atoms with Gasteiger partial charge in [-0.25, -0.2) is 0 Å². The summed E-state index contributed by atoms with van der Waals surface area (Å²) in [6.07, 6.45) is 2.98. The van der Waals surface area contributed by atoms with Crippen LogP contribution in [0.3, 0.4) is 0 Å². The van der Waals surface area contributed by atoms with Crippen LogP contribution in [0, 0.1) is 0 Å². The van der Waals surface area contributed by atoms with Crippen molar-refractivity contribution in [2.45, 2.75) is 18.3 Å². The van der Waals surface area contributed by atoms with Crippen LogP contribution in [0.1, 0.15) is 18.6 Å². The zero-order valence-corrected chi connectivity index (χ0v) is 7.93. The van der Waals surface area contributed by atoms with Crippen LogP contribution in [0.5, 0.6) is 0 Å². The number of fused-ring (bicyclic) bond motifs is 1. The van der Waals surface area contributed by atoms with Crippen LogP contribution in [0.25, 0.3) is 11.1 Å². The highest BCUT2D eigenvalue weighted by Gasteiger charge is 2.54. The molecule has 1 saturated carbocycles. The maximum atomic E-state index is 11.1. The van der Waals surface area contributed by atoms with Crippen LogP contribution in [-0.4, -0.2) is 16.1 Å². The molecular weight excluding hydrogens is 194 g/mol. The number of rotatable bonds is 2. The molecule has 3 rings (SSSR count). The van der Waals surface area contributed by atoms with Crippen molar-refractivity contribution in [3.8, 4) is 0 Å². The molecule has 0 aromatic carbocycles. The Labute approximate surface area is 85.5 Å². The predicted octanol–water partition coefficient (Wildman–Crippen LogP) is 1.94. The molecule has 2 heterocycles. The number of nitrogens with zero attached hydrogens (tertiary/aromatic N) is 1. The zero-order chi connectivity index (χ0) is 10.5. The molecule has 2 aromatic rings. The second kappa shape index (κ2) is 2.59. The Morgan fingerprint density at radius 1 is 1.53 bits per heavy atom. The van der Waals surface area contributed by atoms with Crippen molar-refractivity contribution >= 4 is 17.1 Å². The normalized spacial score (nSPS) is 17.9. The molecule has 76 valence electrons. The van der Waals surface area contributed by atoms with E-state index in [4.69, 9.17) is 9.52 Å². The van der Waals surface area contributed by atoms with Crippen molar-refractivity contribution in [1.29, 1.82) is 0 Å². The lowest BCUT2D eigenvalue weighted by Gasteiger charge is -2.03. The summed E-state index contributed by atoms with van der Waals surface area (Å²) in [6, 6.07) is 5.30. The molecular formula is C11H9NO3. The van der Waals surface area contributed by atoms with Gasteiger partial charge in [0, 0.05) is 12.3 Å². The summed E-state index contributed by atoms with van der Waals surface area (Å²) in [6.45, 7) is 0. The van der Waals surface area contributed by atoms with E-state index in [9.17, 15) is 4.79 Å². The van der Waals surface area contributed by atoms with Gasteiger partial charge in [-0.1, -0.05) is 0 Å². The second-order valence-electron chi connectivity index (χ2n) is 3.88. The fourth-order valence-electron chi connectivity index (χ4n) is 1.80. The first-order valence-electron chi connectivity index (χ1n) is 4.81. The molecule has 0 unspecified atom stereocenters. The Morgan fingerprint density at radius 2 is 2.33 bits per heavy atom. The minimum absolute atomic E-state index is 0.531. The van der Waals surface area contributed by atoms with Crippen LogP contribution < -0.4 is 0 Å². The number of carboxylic acids is 1. The van der Waals surface area contributed by atoms with Gasteiger partial charge < -0.3 is 9.52 Å². The van der Waals surface area contributed by atoms with Gasteiger partial charge in [0.15, 0.2) is 5.58 Å². The Bertz CT molecular complexity index is 507. The summed E-state index contributed by atoms with van der Waals surface area (Å²) >= 11 is 0. The van der Waals surface area contributed by atoms with Crippen LogP contribution in [0.2, 0.25) is 0 Å². The van der Waals surface area contributed by atoms with Gasteiger partial charge >= 0.3 is 5.97 Å². The van der Waals surface area contributed by atoms with Crippen molar-refractivity contribution < 1.29 is 14.3 Å². The largest absolute Gasteiger partial charge is 0.480 e. The maximum absolute atomic E-state index is 11.1. The number of hydrogen-bond acceptors (Lipinski definition) is 3. The number of pyridine rings is 1. The topological polar surface area (TPSA) is 63.3 Å². The first kappa shape index (κ1) is 8.47. The number of aromatic nitrogens is 1. The van der Waals surface area contributed by atoms with Gasteiger partial charge in [-0.3, -0.25) is 9.78 Å². The molecule has 1 N–H and O–H groups in total. The third-order valence-electron chi connectivity index (χ3n) is 2.92. The van der Waals surface area contributed by atoms with Gasteiger partial charge in [0.2, 0.25) is 0 Å². The summed E-state index contributed by atoms with van der Waals surface area (Å²) < 4.78 is 5.51. The van der Waals surface area contributed by atoms with Gasteiger partial charge in [0.1, 0.15) is 16.7 Å². The highest BCUT2D eigenvalue weighted by Crippen LogP contribution is 2.49. The second-order valence-corrected chi connectivity index (χ2v) is 3.88. The molecule has 0 amide bonds. The smallest absolute Gasteiger partial charge is 0.317 e. The van der Waals surface area contributed by atoms with Gasteiger partial charge in [-0.15, -0.1) is 0 Å². The van der Waals surface area contributed by atoms with Crippen molar-refractivity contribution in [2.24, 2.45) is 0 Å². The van der Waals surface area contributed by atoms with Crippen molar-refractivity contribution in [1.82, 2.24) is 4.98 Å². The highest BCUT2D eigenvalue weighted by atomic mass is 16.4. The van der Waals surface area contributed by atoms with Crippen molar-refractivity contribution in [3.05, 3.63) is 30.2 Å². The number of aliphatic carboxylic acids is 1. The van der Waals surface area contributed by atoms with E-state index in [1.165, 1.54) is 0 Å². The lowest BCUT2D eigenvalue weighted by atomic mass is 10.0. The molecule has 0 aliphatic heterocycles. The van der Waals surface area contributed by atoms with Crippen LogP contribution >= 0.6 is 0 Å². The summed E-state index contributed by atoms with van der Waals surface area (Å²) in [5.41, 5.74) is 0.598. The number of carboxylic acid groups (broad SMARTS) is 1. The molecule has 0 saturated heterocycles. The Kier molecular flexibility index (Phi) is 1.46. The first-order chi connectivity index (χ1) is 7.22. The molecule has 0 radical (unpaired) electrons. The van der Waals surface area contributed by atoms with Crippen molar-refractivity contribution in [2.75, 3.05) is 0 Å². The molecule has 2 aromatic heterocycles. The number of carbonyl (C=O) groups is 1. The van der Waals surface area contributed by atoms with Gasteiger partial charge in [-0.2, -0.15) is 0 Å². The SMILES string of the molecule is O=C(O)C1(c2cc3ncccc3o2)CC1. The first-order valence-corrected chi connectivity index (χ1v) is 4.81. The highest BCUT2D eigenvalue weighted by molar-refractivity contribution is 5.86. The van der Waals surface area contributed by atoms with Crippen LogP contribution in [-0.2, 0) is 10.2 Å². The third-order valence-corrected chi connectivity index (χ3v) is 2.92. The minimum atomic E-state index is -0.804. The average molecular weight is 203 g/mol. The van der Waals surface area contributed by atoms with E-state index in [1.54, 1.807) is 24.4 Å². The fourth-order valence-corrected chi connectivity index (χ4v) is 1.80. The van der Waals surface area contributed by atoms with Crippen molar-refractivity contribution in [3.63, 3.8) is 0 Å². The monoisotopic (exact) mass is 203 g/mol. The van der Waals surface area contributed by atoms with E-state index in [1.807, 2.05) is 0 Å². The summed E-state index contributed by atoms with van der Waals surface area (Å²) in [4.78, 5) is 15.2. The molecule has 0 atom stereocenters. The van der Waals surface area contributed by atoms with Crippen LogP contribution in [0.15, 0.2) is 28.8 Å². The summed E-state index contributed by atoms with van der Waals surface area (Å²) in [7, 11) is 0. The Balaban J connectivity index is 2.17. The Hall–Kier alpha value is -1.84. The minimum Gasteiger partial charge on any atom is -0.480 e. The Morgan fingerprint density at radius 3 is 2.93 bits per heavy atom. The number of furan rings is 1. The van der Waals surface area contributed by atoms with E-state index in [-0.39, 0.29) is 0 Å². The molecule has 0 bridgehead atoms. The maximum Gasteiger partial charge on any atom is 0.317 e. The quantitative estimate of drug-likeness (QED) is 0.810. The van der Waals surface area contributed by atoms with E-state index in [0.29, 0.717) is 24.2 Å². The summed E-state index contributed by atoms with van der Waals surface area (Å²) in [5.74, 6) is -0.273.